The topological polar surface area (TPSA) is 59.8 Å². The number of nitrogens with zero attached hydrogens (tertiary/aromatic N) is 3. The Labute approximate surface area is 176 Å². The van der Waals surface area contributed by atoms with Gasteiger partial charge in [0, 0.05) is 22.9 Å². The molecular weight excluding hydrogens is 380 g/mol. The fraction of sp³-hybridized carbons (Fsp3) is 0.348. The minimum absolute atomic E-state index is 0.0166. The summed E-state index contributed by atoms with van der Waals surface area (Å²) in [4.78, 5) is 14.1. The molecule has 1 fully saturated rings. The zero-order valence-electron chi connectivity index (χ0n) is 16.4. The van der Waals surface area contributed by atoms with Gasteiger partial charge in [0.1, 0.15) is 11.7 Å². The second-order valence-electron chi connectivity index (χ2n) is 7.68. The van der Waals surface area contributed by atoms with E-state index < -0.39 is 6.04 Å². The number of benzene rings is 2. The first-order valence-electron chi connectivity index (χ1n) is 10.2. The lowest BCUT2D eigenvalue weighted by Crippen LogP contribution is -2.41. The van der Waals surface area contributed by atoms with E-state index in [-0.39, 0.29) is 11.9 Å². The number of nitrogens with one attached hydrogen (secondary N) is 1. The smallest absolute Gasteiger partial charge is 0.245 e. The lowest BCUT2D eigenvalue weighted by molar-refractivity contribution is -0.125. The van der Waals surface area contributed by atoms with Gasteiger partial charge in [0.05, 0.1) is 6.20 Å². The van der Waals surface area contributed by atoms with Crippen molar-refractivity contribution in [1.82, 2.24) is 20.3 Å². The molecule has 5 nitrogen and oxygen atoms in total. The van der Waals surface area contributed by atoms with Crippen LogP contribution in [-0.2, 0) is 11.2 Å². The second kappa shape index (κ2) is 9.27. The van der Waals surface area contributed by atoms with Crippen molar-refractivity contribution >= 4 is 18.5 Å². The van der Waals surface area contributed by atoms with E-state index in [2.05, 4.69) is 28.3 Å². The standard InChI is InChI=1S/C23H26N4OS/c28-23(24-19-9-5-2-6-10-19)22(15-17-7-3-1-4-8-17)27-16-21(25-26-27)18-11-13-20(29)14-12-18/h1,3-4,7-8,11-14,16,19,22,29H,2,5-6,9-10,15H2,(H,24,28)/t22-/m0/s1. The van der Waals surface area contributed by atoms with Gasteiger partial charge >= 0.3 is 0 Å². The van der Waals surface area contributed by atoms with E-state index in [1.807, 2.05) is 60.8 Å². The lowest BCUT2D eigenvalue weighted by Gasteiger charge is -2.25. The predicted octanol–water partition coefficient (Wildman–Crippen LogP) is 4.47. The van der Waals surface area contributed by atoms with Crippen molar-refractivity contribution in [2.75, 3.05) is 0 Å². The van der Waals surface area contributed by atoms with Gasteiger partial charge in [-0.25, -0.2) is 4.68 Å². The molecule has 1 aliphatic rings. The Kier molecular flexibility index (Phi) is 6.30. The highest BCUT2D eigenvalue weighted by Crippen LogP contribution is 2.23. The van der Waals surface area contributed by atoms with Crippen LogP contribution in [0.15, 0.2) is 65.7 Å². The van der Waals surface area contributed by atoms with Crippen molar-refractivity contribution in [2.45, 2.75) is 55.5 Å². The Morgan fingerprint density at radius 1 is 1.07 bits per heavy atom. The van der Waals surface area contributed by atoms with Gasteiger partial charge in [-0.1, -0.05) is 66.9 Å². The average Bonchev–Trinajstić information content (AvgIpc) is 3.24. The highest BCUT2D eigenvalue weighted by atomic mass is 32.1. The number of aromatic nitrogens is 3. The highest BCUT2D eigenvalue weighted by molar-refractivity contribution is 7.80. The van der Waals surface area contributed by atoms with Gasteiger partial charge in [0.2, 0.25) is 5.91 Å². The van der Waals surface area contributed by atoms with Crippen LogP contribution in [-0.4, -0.2) is 26.9 Å². The number of thiol groups is 1. The van der Waals surface area contributed by atoms with E-state index >= 15 is 0 Å². The van der Waals surface area contributed by atoms with E-state index in [1.165, 1.54) is 19.3 Å². The zero-order chi connectivity index (χ0) is 20.1. The molecule has 3 aromatic rings. The third-order valence-corrected chi connectivity index (χ3v) is 5.82. The molecule has 1 atom stereocenters. The number of carbonyl (C=O) groups is 1. The number of carbonyl (C=O) groups excluding carboxylic acids is 1. The van der Waals surface area contributed by atoms with Gasteiger partial charge in [-0.15, -0.1) is 17.7 Å². The fourth-order valence-corrected chi connectivity index (χ4v) is 4.03. The van der Waals surface area contributed by atoms with Crippen molar-refractivity contribution < 1.29 is 4.79 Å². The fourth-order valence-electron chi connectivity index (χ4n) is 3.88. The van der Waals surface area contributed by atoms with Crippen LogP contribution in [0.25, 0.3) is 11.3 Å². The first-order chi connectivity index (χ1) is 14.2. The number of amides is 1. The maximum Gasteiger partial charge on any atom is 0.245 e. The molecule has 0 bridgehead atoms. The summed E-state index contributed by atoms with van der Waals surface area (Å²) < 4.78 is 1.70. The molecule has 1 aromatic heterocycles. The van der Waals surface area contributed by atoms with E-state index in [4.69, 9.17) is 0 Å². The molecule has 0 spiro atoms. The van der Waals surface area contributed by atoms with Crippen LogP contribution in [0.4, 0.5) is 0 Å². The van der Waals surface area contributed by atoms with Crippen molar-refractivity contribution in [3.05, 3.63) is 66.4 Å². The van der Waals surface area contributed by atoms with Crippen molar-refractivity contribution in [3.8, 4) is 11.3 Å². The molecule has 150 valence electrons. The van der Waals surface area contributed by atoms with Gasteiger partial charge < -0.3 is 5.32 Å². The Bertz CT molecular complexity index is 933. The summed E-state index contributed by atoms with van der Waals surface area (Å²) >= 11 is 4.33. The SMILES string of the molecule is O=C(NC1CCCCC1)[C@H](Cc1ccccc1)n1cc(-c2ccc(S)cc2)nn1. The van der Waals surface area contributed by atoms with Crippen molar-refractivity contribution in [3.63, 3.8) is 0 Å². The molecule has 0 unspecified atom stereocenters. The van der Waals surface area contributed by atoms with Crippen LogP contribution in [0.2, 0.25) is 0 Å². The first kappa shape index (κ1) is 19.7. The van der Waals surface area contributed by atoms with Crippen LogP contribution in [0.1, 0.15) is 43.7 Å². The summed E-state index contributed by atoms with van der Waals surface area (Å²) in [6.07, 6.45) is 8.19. The van der Waals surface area contributed by atoms with E-state index in [0.29, 0.717) is 6.42 Å². The number of hydrogen-bond acceptors (Lipinski definition) is 4. The molecule has 1 amide bonds. The van der Waals surface area contributed by atoms with Gasteiger partial charge in [-0.3, -0.25) is 4.79 Å². The summed E-state index contributed by atoms with van der Waals surface area (Å²) in [6, 6.07) is 17.7. The summed E-state index contributed by atoms with van der Waals surface area (Å²) in [6.45, 7) is 0. The van der Waals surface area contributed by atoms with E-state index in [0.717, 1.165) is 34.6 Å². The zero-order valence-corrected chi connectivity index (χ0v) is 17.3. The minimum atomic E-state index is -0.426. The maximum absolute atomic E-state index is 13.2. The molecule has 2 aromatic carbocycles. The predicted molar refractivity (Wildman–Crippen MR) is 117 cm³/mol. The quantitative estimate of drug-likeness (QED) is 0.594. The third-order valence-electron chi connectivity index (χ3n) is 5.52. The molecule has 1 N–H and O–H groups in total. The third kappa shape index (κ3) is 5.07. The van der Waals surface area contributed by atoms with Crippen LogP contribution in [0.5, 0.6) is 0 Å². The molecule has 1 heterocycles. The van der Waals surface area contributed by atoms with Gasteiger partial charge in [-0.2, -0.15) is 0 Å². The monoisotopic (exact) mass is 406 g/mol. The molecule has 0 saturated heterocycles. The van der Waals surface area contributed by atoms with Gasteiger partial charge in [0.15, 0.2) is 0 Å². The minimum Gasteiger partial charge on any atom is -0.352 e. The van der Waals surface area contributed by atoms with Gasteiger partial charge in [-0.05, 0) is 30.5 Å². The molecule has 0 radical (unpaired) electrons. The maximum atomic E-state index is 13.2. The summed E-state index contributed by atoms with van der Waals surface area (Å²) in [7, 11) is 0. The van der Waals surface area contributed by atoms with Crippen molar-refractivity contribution in [2.24, 2.45) is 0 Å². The summed E-state index contributed by atoms with van der Waals surface area (Å²) in [5, 5.41) is 11.9. The largest absolute Gasteiger partial charge is 0.352 e. The van der Waals surface area contributed by atoms with Crippen LogP contribution < -0.4 is 5.32 Å². The number of rotatable bonds is 6. The van der Waals surface area contributed by atoms with Crippen LogP contribution >= 0.6 is 12.6 Å². The van der Waals surface area contributed by atoms with Gasteiger partial charge in [0.25, 0.3) is 0 Å². The molecule has 4 rings (SSSR count). The van der Waals surface area contributed by atoms with Crippen LogP contribution in [0.3, 0.4) is 0 Å². The highest BCUT2D eigenvalue weighted by Gasteiger charge is 2.26. The molecule has 1 saturated carbocycles. The molecule has 0 aliphatic heterocycles. The molecular formula is C23H26N4OS. The first-order valence-corrected chi connectivity index (χ1v) is 10.7. The van der Waals surface area contributed by atoms with Crippen molar-refractivity contribution in [1.29, 1.82) is 0 Å². The Morgan fingerprint density at radius 3 is 2.52 bits per heavy atom. The van der Waals surface area contributed by atoms with E-state index in [1.54, 1.807) is 4.68 Å². The molecule has 6 heteroatoms. The Hall–Kier alpha value is -2.60. The molecule has 29 heavy (non-hydrogen) atoms. The summed E-state index contributed by atoms with van der Waals surface area (Å²) in [5.74, 6) is 0.0166. The Balaban J connectivity index is 1.57. The second-order valence-corrected chi connectivity index (χ2v) is 8.20. The lowest BCUT2D eigenvalue weighted by atomic mass is 9.95. The summed E-state index contributed by atoms with van der Waals surface area (Å²) in [5.41, 5.74) is 2.81. The van der Waals surface area contributed by atoms with E-state index in [9.17, 15) is 4.79 Å². The Morgan fingerprint density at radius 2 is 1.79 bits per heavy atom. The number of hydrogen-bond donors (Lipinski definition) is 2. The molecule has 1 aliphatic carbocycles. The van der Waals surface area contributed by atoms with Crippen LogP contribution in [0, 0.1) is 0 Å². The normalized spacial score (nSPS) is 15.8. The average molecular weight is 407 g/mol.